The smallest absolute Gasteiger partial charge is 0.326 e. The molecule has 12 nitrogen and oxygen atoms in total. The van der Waals surface area contributed by atoms with Gasteiger partial charge in [0.1, 0.15) is 18.6 Å². The SMILES string of the molecule is N[C@H](Cc1ccccc1)C(=O)N[C@H]1CCC(=O)N(CC(=O)N[C@@H](CCC(=O)O)C(=O)O)C1=O. The summed E-state index contributed by atoms with van der Waals surface area (Å²) in [4.78, 5) is 72.0. The van der Waals surface area contributed by atoms with Crippen molar-refractivity contribution >= 4 is 35.6 Å². The minimum Gasteiger partial charge on any atom is -0.481 e. The zero-order valence-electron chi connectivity index (χ0n) is 17.7. The second-order valence-corrected chi connectivity index (χ2v) is 7.60. The monoisotopic (exact) mass is 462 g/mol. The Hall–Kier alpha value is -3.80. The zero-order chi connectivity index (χ0) is 24.5. The van der Waals surface area contributed by atoms with Crippen molar-refractivity contribution in [3.8, 4) is 0 Å². The molecule has 6 N–H and O–H groups in total. The summed E-state index contributed by atoms with van der Waals surface area (Å²) < 4.78 is 0. The van der Waals surface area contributed by atoms with E-state index in [0.29, 0.717) is 4.90 Å². The number of imide groups is 1. The normalized spacial score (nSPS) is 17.7. The van der Waals surface area contributed by atoms with Crippen molar-refractivity contribution in [2.24, 2.45) is 5.73 Å². The van der Waals surface area contributed by atoms with Gasteiger partial charge in [0.25, 0.3) is 5.91 Å². The first kappa shape index (κ1) is 25.5. The third-order valence-corrected chi connectivity index (χ3v) is 5.05. The van der Waals surface area contributed by atoms with Crippen LogP contribution in [0.3, 0.4) is 0 Å². The van der Waals surface area contributed by atoms with Gasteiger partial charge in [-0.2, -0.15) is 0 Å². The Labute approximate surface area is 189 Å². The molecule has 1 saturated heterocycles. The van der Waals surface area contributed by atoms with Gasteiger partial charge < -0.3 is 26.6 Å². The lowest BCUT2D eigenvalue weighted by Crippen LogP contribution is -2.59. The highest BCUT2D eigenvalue weighted by molar-refractivity contribution is 6.04. The van der Waals surface area contributed by atoms with E-state index < -0.39 is 66.7 Å². The van der Waals surface area contributed by atoms with Crippen LogP contribution in [0.1, 0.15) is 31.2 Å². The van der Waals surface area contributed by atoms with Crippen LogP contribution in [0.4, 0.5) is 0 Å². The topological polar surface area (TPSA) is 196 Å². The Kier molecular flexibility index (Phi) is 9.04. The van der Waals surface area contributed by atoms with E-state index in [-0.39, 0.29) is 25.7 Å². The van der Waals surface area contributed by atoms with Crippen molar-refractivity contribution in [2.75, 3.05) is 6.54 Å². The van der Waals surface area contributed by atoms with E-state index in [0.717, 1.165) is 5.56 Å². The average Bonchev–Trinajstić information content (AvgIpc) is 2.76. The molecule has 33 heavy (non-hydrogen) atoms. The lowest BCUT2D eigenvalue weighted by molar-refractivity contribution is -0.153. The minimum absolute atomic E-state index is 0.0376. The van der Waals surface area contributed by atoms with Gasteiger partial charge in [-0.1, -0.05) is 30.3 Å². The fourth-order valence-electron chi connectivity index (χ4n) is 3.29. The highest BCUT2D eigenvalue weighted by atomic mass is 16.4. The summed E-state index contributed by atoms with van der Waals surface area (Å²) >= 11 is 0. The molecule has 3 atom stereocenters. The Morgan fingerprint density at radius 1 is 1.12 bits per heavy atom. The molecule has 2 rings (SSSR count). The van der Waals surface area contributed by atoms with E-state index in [9.17, 15) is 28.8 Å². The predicted molar refractivity (Wildman–Crippen MR) is 112 cm³/mol. The van der Waals surface area contributed by atoms with Crippen molar-refractivity contribution in [1.29, 1.82) is 0 Å². The van der Waals surface area contributed by atoms with E-state index in [1.54, 1.807) is 24.3 Å². The summed E-state index contributed by atoms with van der Waals surface area (Å²) in [6.07, 6.45) is -0.687. The third-order valence-electron chi connectivity index (χ3n) is 5.05. The summed E-state index contributed by atoms with van der Waals surface area (Å²) in [7, 11) is 0. The predicted octanol–water partition coefficient (Wildman–Crippen LogP) is -1.38. The number of nitrogens with zero attached hydrogens (tertiary/aromatic N) is 1. The number of carbonyl (C=O) groups is 6. The minimum atomic E-state index is -1.49. The average molecular weight is 462 g/mol. The van der Waals surface area contributed by atoms with Crippen molar-refractivity contribution in [2.45, 2.75) is 50.2 Å². The molecule has 1 aliphatic rings. The summed E-state index contributed by atoms with van der Waals surface area (Å²) in [5, 5.41) is 22.4. The molecular formula is C21H26N4O8. The maximum atomic E-state index is 12.7. The Morgan fingerprint density at radius 3 is 2.39 bits per heavy atom. The molecule has 0 unspecified atom stereocenters. The number of benzene rings is 1. The van der Waals surface area contributed by atoms with Crippen LogP contribution in [0.15, 0.2) is 30.3 Å². The molecule has 0 spiro atoms. The Balaban J connectivity index is 1.95. The van der Waals surface area contributed by atoms with Crippen molar-refractivity contribution in [3.05, 3.63) is 35.9 Å². The maximum Gasteiger partial charge on any atom is 0.326 e. The molecule has 12 heteroatoms. The van der Waals surface area contributed by atoms with Crippen LogP contribution >= 0.6 is 0 Å². The number of nitrogens with one attached hydrogen (secondary N) is 2. The van der Waals surface area contributed by atoms with Gasteiger partial charge in [-0.05, 0) is 24.8 Å². The highest BCUT2D eigenvalue weighted by Crippen LogP contribution is 2.14. The van der Waals surface area contributed by atoms with Gasteiger partial charge >= 0.3 is 11.9 Å². The maximum absolute atomic E-state index is 12.7. The summed E-state index contributed by atoms with van der Waals surface area (Å²) in [6.45, 7) is -0.753. The van der Waals surface area contributed by atoms with Crippen molar-refractivity contribution < 1.29 is 39.0 Å². The van der Waals surface area contributed by atoms with Crippen molar-refractivity contribution in [1.82, 2.24) is 15.5 Å². The van der Waals surface area contributed by atoms with Crippen LogP contribution in [0, 0.1) is 0 Å². The van der Waals surface area contributed by atoms with Gasteiger partial charge in [-0.3, -0.25) is 28.9 Å². The molecule has 0 aliphatic carbocycles. The second-order valence-electron chi connectivity index (χ2n) is 7.60. The van der Waals surface area contributed by atoms with Crippen molar-refractivity contribution in [3.63, 3.8) is 0 Å². The molecular weight excluding hydrogens is 436 g/mol. The molecule has 178 valence electrons. The number of hydrogen-bond acceptors (Lipinski definition) is 7. The fraction of sp³-hybridized carbons (Fsp3) is 0.429. The summed E-state index contributed by atoms with van der Waals surface area (Å²) in [5.74, 6) is -5.66. The molecule has 0 radical (unpaired) electrons. The highest BCUT2D eigenvalue weighted by Gasteiger charge is 2.37. The first-order valence-electron chi connectivity index (χ1n) is 10.3. The Bertz CT molecular complexity index is 920. The van der Waals surface area contributed by atoms with E-state index in [1.807, 2.05) is 6.07 Å². The quantitative estimate of drug-likeness (QED) is 0.246. The lowest BCUT2D eigenvalue weighted by atomic mass is 10.0. The number of carbonyl (C=O) groups excluding carboxylic acids is 4. The lowest BCUT2D eigenvalue weighted by Gasteiger charge is -2.31. The molecule has 1 aromatic carbocycles. The number of carboxylic acid groups (broad SMARTS) is 2. The van der Waals surface area contributed by atoms with Crippen LogP contribution in [0.2, 0.25) is 0 Å². The van der Waals surface area contributed by atoms with E-state index in [1.165, 1.54) is 0 Å². The van der Waals surface area contributed by atoms with E-state index >= 15 is 0 Å². The van der Waals surface area contributed by atoms with Gasteiger partial charge in [0.05, 0.1) is 6.04 Å². The molecule has 0 bridgehead atoms. The number of carboxylic acids is 2. The standard InChI is InChI=1S/C21H26N4O8/c22-13(10-12-4-2-1-3-5-12)19(30)24-14-6-8-17(27)25(20(14)31)11-16(26)23-15(21(32)33)7-9-18(28)29/h1-5,13-15H,6-11,22H2,(H,23,26)(H,24,30)(H,28,29)(H,32,33)/t13-,14+,15+/m1/s1. The van der Waals surface area contributed by atoms with Crippen LogP contribution < -0.4 is 16.4 Å². The van der Waals surface area contributed by atoms with Gasteiger partial charge in [0.15, 0.2) is 0 Å². The number of hydrogen-bond donors (Lipinski definition) is 5. The molecule has 1 aromatic rings. The number of likely N-dealkylation sites (tertiary alicyclic amines) is 1. The molecule has 0 saturated carbocycles. The number of amides is 4. The molecule has 1 aliphatic heterocycles. The van der Waals surface area contributed by atoms with Gasteiger partial charge in [0, 0.05) is 12.8 Å². The number of piperidine rings is 1. The molecule has 1 heterocycles. The first-order valence-corrected chi connectivity index (χ1v) is 10.3. The second kappa shape index (κ2) is 11.7. The fourth-order valence-corrected chi connectivity index (χ4v) is 3.29. The van der Waals surface area contributed by atoms with Crippen LogP contribution in [0.25, 0.3) is 0 Å². The third kappa shape index (κ3) is 7.68. The van der Waals surface area contributed by atoms with Gasteiger partial charge in [-0.25, -0.2) is 4.79 Å². The van der Waals surface area contributed by atoms with Crippen LogP contribution in [-0.2, 0) is 35.2 Å². The molecule has 0 aromatic heterocycles. The molecule has 1 fully saturated rings. The van der Waals surface area contributed by atoms with Crippen LogP contribution in [0.5, 0.6) is 0 Å². The van der Waals surface area contributed by atoms with E-state index in [4.69, 9.17) is 15.9 Å². The largest absolute Gasteiger partial charge is 0.481 e. The van der Waals surface area contributed by atoms with Crippen LogP contribution in [-0.4, -0.2) is 75.4 Å². The van der Waals surface area contributed by atoms with Gasteiger partial charge in [-0.15, -0.1) is 0 Å². The number of nitrogens with two attached hydrogens (primary N) is 1. The summed E-state index contributed by atoms with van der Waals surface area (Å²) in [5.41, 5.74) is 6.75. The summed E-state index contributed by atoms with van der Waals surface area (Å²) in [6, 6.07) is 5.55. The Morgan fingerprint density at radius 2 is 1.79 bits per heavy atom. The number of aliphatic carboxylic acids is 2. The first-order chi connectivity index (χ1) is 15.6. The van der Waals surface area contributed by atoms with E-state index in [2.05, 4.69) is 10.6 Å². The van der Waals surface area contributed by atoms with Gasteiger partial charge in [0.2, 0.25) is 17.7 Å². The molecule has 4 amide bonds. The number of rotatable bonds is 11. The zero-order valence-corrected chi connectivity index (χ0v) is 17.7.